The Labute approximate surface area is 295 Å². The Morgan fingerprint density at radius 2 is 1.20 bits per heavy atom. The minimum absolute atomic E-state index is 0.148. The molecule has 3 unspecified atom stereocenters. The van der Waals surface area contributed by atoms with Gasteiger partial charge in [0, 0.05) is 5.92 Å². The molecule has 0 aromatic heterocycles. The van der Waals surface area contributed by atoms with E-state index < -0.39 is 60.8 Å². The zero-order valence-corrected chi connectivity index (χ0v) is 29.6. The number of hydrogen-bond acceptors (Lipinski definition) is 10. The first-order valence-electron chi connectivity index (χ1n) is 17.7. The highest BCUT2D eigenvalue weighted by Gasteiger charge is 2.60. The van der Waals surface area contributed by atoms with Crippen molar-refractivity contribution in [2.75, 3.05) is 13.2 Å². The Bertz CT molecular complexity index is 1490. The number of ether oxygens (including phenoxy) is 10. The molecule has 0 saturated carbocycles. The zero-order chi connectivity index (χ0) is 34.7. The molecule has 0 spiro atoms. The first-order chi connectivity index (χ1) is 24.1. The van der Waals surface area contributed by atoms with Crippen LogP contribution in [0.25, 0.3) is 0 Å². The van der Waals surface area contributed by atoms with Crippen LogP contribution in [0.2, 0.25) is 0 Å². The smallest absolute Gasteiger partial charge is 0.190 e. The zero-order valence-electron chi connectivity index (χ0n) is 29.6. The molecule has 0 N–H and O–H groups in total. The van der Waals surface area contributed by atoms with Crippen LogP contribution < -0.4 is 0 Å². The Hall–Kier alpha value is -2.74. The van der Waals surface area contributed by atoms with Crippen molar-refractivity contribution < 1.29 is 47.4 Å². The van der Waals surface area contributed by atoms with Gasteiger partial charge in [-0.15, -0.1) is 0 Å². The number of benzene rings is 3. The Morgan fingerprint density at radius 1 is 0.620 bits per heavy atom. The van der Waals surface area contributed by atoms with Gasteiger partial charge >= 0.3 is 0 Å². The lowest BCUT2D eigenvalue weighted by atomic mass is 9.90. The van der Waals surface area contributed by atoms with Gasteiger partial charge in [-0.05, 0) is 44.4 Å². The number of rotatable bonds is 13. The molecule has 4 aliphatic rings. The second-order valence-electron chi connectivity index (χ2n) is 14.5. The monoisotopic (exact) mass is 690 g/mol. The molecule has 4 saturated heterocycles. The lowest BCUT2D eigenvalue weighted by Crippen LogP contribution is -2.59. The van der Waals surface area contributed by atoms with Gasteiger partial charge in [-0.1, -0.05) is 97.9 Å². The van der Waals surface area contributed by atoms with E-state index in [2.05, 4.69) is 19.1 Å². The van der Waals surface area contributed by atoms with Gasteiger partial charge in [-0.3, -0.25) is 0 Å². The average molecular weight is 691 g/mol. The normalized spacial score (nSPS) is 34.5. The summed E-state index contributed by atoms with van der Waals surface area (Å²) < 4.78 is 64.8. The summed E-state index contributed by atoms with van der Waals surface area (Å²) in [4.78, 5) is 0. The molecule has 10 heteroatoms. The second-order valence-corrected chi connectivity index (χ2v) is 14.5. The average Bonchev–Trinajstić information content (AvgIpc) is 3.73. The molecule has 7 rings (SSSR count). The number of hydrogen-bond donors (Lipinski definition) is 0. The molecule has 10 nitrogen and oxygen atoms in total. The molecule has 0 radical (unpaired) electrons. The fraction of sp³-hybridized carbons (Fsp3) is 0.550. The lowest BCUT2D eigenvalue weighted by molar-refractivity contribution is -0.330. The van der Waals surface area contributed by atoms with Crippen LogP contribution in [0.4, 0.5) is 0 Å². The molecule has 270 valence electrons. The van der Waals surface area contributed by atoms with Crippen molar-refractivity contribution in [1.29, 1.82) is 0 Å². The molecule has 4 fully saturated rings. The van der Waals surface area contributed by atoms with Crippen LogP contribution in [0, 0.1) is 5.92 Å². The van der Waals surface area contributed by atoms with Gasteiger partial charge in [-0.2, -0.15) is 0 Å². The SMILES string of the molecule is C[C@@H]1C(OCc2ccccc2)[C@H](O[C@@H]2[C@H]3OC(C)(C)O[C@H]3O[C@@H]2C2COC(C)(C)O2)OC(COCc2ccccc2)[C@@H]1OCc1ccccc1. The third-order valence-corrected chi connectivity index (χ3v) is 9.66. The fourth-order valence-corrected chi connectivity index (χ4v) is 7.22. The molecule has 3 aromatic rings. The van der Waals surface area contributed by atoms with Crippen LogP contribution in [-0.2, 0) is 67.2 Å². The third-order valence-electron chi connectivity index (χ3n) is 9.66. The summed E-state index contributed by atoms with van der Waals surface area (Å²) >= 11 is 0. The minimum Gasteiger partial charge on any atom is -0.374 e. The molecular weight excluding hydrogens is 640 g/mol. The van der Waals surface area contributed by atoms with Crippen LogP contribution in [-0.4, -0.2) is 80.1 Å². The molecule has 0 aliphatic carbocycles. The number of fused-ring (bicyclic) bond motifs is 1. The quantitative estimate of drug-likeness (QED) is 0.208. The van der Waals surface area contributed by atoms with Crippen LogP contribution in [0.15, 0.2) is 91.0 Å². The van der Waals surface area contributed by atoms with Crippen LogP contribution in [0.5, 0.6) is 0 Å². The molecule has 3 aromatic carbocycles. The maximum Gasteiger partial charge on any atom is 0.190 e. The van der Waals surface area contributed by atoms with Crippen LogP contribution in [0.3, 0.4) is 0 Å². The van der Waals surface area contributed by atoms with E-state index in [1.165, 1.54) is 0 Å². The Kier molecular flexibility index (Phi) is 11.0. The van der Waals surface area contributed by atoms with E-state index in [-0.39, 0.29) is 12.0 Å². The summed E-state index contributed by atoms with van der Waals surface area (Å²) in [5.74, 6) is -1.74. The Balaban J connectivity index is 1.16. The summed E-state index contributed by atoms with van der Waals surface area (Å²) in [5.41, 5.74) is 3.20. The van der Waals surface area contributed by atoms with Crippen molar-refractivity contribution in [2.45, 2.75) is 121 Å². The van der Waals surface area contributed by atoms with E-state index in [1.807, 2.05) is 107 Å². The molecule has 10 atom stereocenters. The van der Waals surface area contributed by atoms with Gasteiger partial charge in [0.15, 0.2) is 24.2 Å². The summed E-state index contributed by atoms with van der Waals surface area (Å²) in [6, 6.07) is 30.3. The van der Waals surface area contributed by atoms with E-state index >= 15 is 0 Å². The topological polar surface area (TPSA) is 92.3 Å². The molecule has 4 heterocycles. The molecule has 50 heavy (non-hydrogen) atoms. The summed E-state index contributed by atoms with van der Waals surface area (Å²) in [6.45, 7) is 11.5. The van der Waals surface area contributed by atoms with Crippen molar-refractivity contribution in [2.24, 2.45) is 5.92 Å². The highest BCUT2D eigenvalue weighted by Crippen LogP contribution is 2.44. The van der Waals surface area contributed by atoms with Gasteiger partial charge in [0.2, 0.25) is 0 Å². The predicted molar refractivity (Wildman–Crippen MR) is 182 cm³/mol. The van der Waals surface area contributed by atoms with Gasteiger partial charge < -0.3 is 47.4 Å². The van der Waals surface area contributed by atoms with E-state index in [0.29, 0.717) is 33.0 Å². The largest absolute Gasteiger partial charge is 0.374 e. The molecular formula is C40H50O10. The van der Waals surface area contributed by atoms with Gasteiger partial charge in [-0.25, -0.2) is 0 Å². The van der Waals surface area contributed by atoms with Gasteiger partial charge in [0.05, 0.1) is 39.1 Å². The van der Waals surface area contributed by atoms with Gasteiger partial charge in [0.25, 0.3) is 0 Å². The molecule has 0 amide bonds. The van der Waals surface area contributed by atoms with E-state index in [0.717, 1.165) is 16.7 Å². The fourth-order valence-electron chi connectivity index (χ4n) is 7.22. The van der Waals surface area contributed by atoms with Crippen LogP contribution >= 0.6 is 0 Å². The second kappa shape index (κ2) is 15.5. The van der Waals surface area contributed by atoms with Crippen molar-refractivity contribution in [3.8, 4) is 0 Å². The summed E-state index contributed by atoms with van der Waals surface area (Å²) in [7, 11) is 0. The lowest BCUT2D eigenvalue weighted by Gasteiger charge is -2.46. The minimum atomic E-state index is -0.845. The van der Waals surface area contributed by atoms with Crippen molar-refractivity contribution in [3.05, 3.63) is 108 Å². The highest BCUT2D eigenvalue weighted by molar-refractivity contribution is 5.15. The van der Waals surface area contributed by atoms with E-state index in [9.17, 15) is 0 Å². The maximum absolute atomic E-state index is 7.01. The van der Waals surface area contributed by atoms with E-state index in [4.69, 9.17) is 47.4 Å². The van der Waals surface area contributed by atoms with Crippen molar-refractivity contribution in [3.63, 3.8) is 0 Å². The maximum atomic E-state index is 7.01. The first kappa shape index (κ1) is 35.7. The van der Waals surface area contributed by atoms with Gasteiger partial charge in [0.1, 0.15) is 36.6 Å². The Morgan fingerprint density at radius 3 is 1.78 bits per heavy atom. The third kappa shape index (κ3) is 8.48. The summed E-state index contributed by atoms with van der Waals surface area (Å²) in [6.07, 6.45) is -4.81. The molecule has 0 bridgehead atoms. The molecule has 4 aliphatic heterocycles. The van der Waals surface area contributed by atoms with Crippen LogP contribution in [0.1, 0.15) is 51.3 Å². The standard InChI is InChI=1S/C40H50O10/c1-26-32(42-22-28-17-11-7-12-18-28)30(24-41-21-27-15-9-6-10-16-27)45-37(33(26)43-23-29-19-13-8-14-20-29)47-35-34(31-25-44-39(2,3)48-31)46-38-36(35)49-40(4,5)50-38/h6-20,26,30-38H,21-25H2,1-5H3/t26-,30?,31?,32+,33?,34+,35-,36+,37-,38+/m0/s1. The highest BCUT2D eigenvalue weighted by atomic mass is 16.9. The van der Waals surface area contributed by atoms with E-state index in [1.54, 1.807) is 0 Å². The summed E-state index contributed by atoms with van der Waals surface area (Å²) in [5, 5.41) is 0. The predicted octanol–water partition coefficient (Wildman–Crippen LogP) is 6.15. The van der Waals surface area contributed by atoms with Crippen molar-refractivity contribution in [1.82, 2.24) is 0 Å². The van der Waals surface area contributed by atoms with Crippen molar-refractivity contribution >= 4 is 0 Å². The first-order valence-corrected chi connectivity index (χ1v) is 17.7.